The number of carbonyl (C=O) groups excluding carboxylic acids is 1. The number of aromatic nitrogens is 3. The lowest BCUT2D eigenvalue weighted by Gasteiger charge is -2.13. The van der Waals surface area contributed by atoms with Crippen LogP contribution in [0.2, 0.25) is 10.0 Å². The van der Waals surface area contributed by atoms with E-state index in [0.29, 0.717) is 49.5 Å². The first-order valence-corrected chi connectivity index (χ1v) is 12.6. The number of methoxy groups -OCH3 is 1. The number of thioether (sulfide) groups is 1. The molecule has 0 bridgehead atoms. The van der Waals surface area contributed by atoms with E-state index in [0.717, 1.165) is 11.3 Å². The van der Waals surface area contributed by atoms with Crippen molar-refractivity contribution >= 4 is 40.9 Å². The maximum absolute atomic E-state index is 12.8. The van der Waals surface area contributed by atoms with Crippen molar-refractivity contribution in [2.75, 3.05) is 13.9 Å². The predicted octanol–water partition coefficient (Wildman–Crippen LogP) is 5.53. The van der Waals surface area contributed by atoms with Crippen molar-refractivity contribution in [3.05, 3.63) is 87.7 Å². The normalized spacial score (nSPS) is 12.0. The summed E-state index contributed by atoms with van der Waals surface area (Å²) in [4.78, 5) is 12.8. The van der Waals surface area contributed by atoms with Gasteiger partial charge in [-0.1, -0.05) is 47.1 Å². The number of ether oxygens (including phenoxy) is 3. The van der Waals surface area contributed by atoms with E-state index in [2.05, 4.69) is 15.5 Å². The molecule has 8 nitrogen and oxygen atoms in total. The average Bonchev–Trinajstić information content (AvgIpc) is 3.52. The van der Waals surface area contributed by atoms with Crippen LogP contribution in [0.3, 0.4) is 0 Å². The lowest BCUT2D eigenvalue weighted by molar-refractivity contribution is 0.0949. The minimum absolute atomic E-state index is 0.124. The highest BCUT2D eigenvalue weighted by molar-refractivity contribution is 7.98. The number of halogens is 2. The molecule has 3 aromatic carbocycles. The molecule has 1 aromatic heterocycles. The Balaban J connectivity index is 1.39. The van der Waals surface area contributed by atoms with Gasteiger partial charge in [0.1, 0.15) is 5.75 Å². The van der Waals surface area contributed by atoms with E-state index >= 15 is 0 Å². The average molecular weight is 543 g/mol. The van der Waals surface area contributed by atoms with Gasteiger partial charge < -0.3 is 19.5 Å². The van der Waals surface area contributed by atoms with Gasteiger partial charge in [0, 0.05) is 16.3 Å². The van der Waals surface area contributed by atoms with Gasteiger partial charge in [0.2, 0.25) is 6.79 Å². The molecule has 0 radical (unpaired) electrons. The minimum atomic E-state index is -0.282. The molecule has 184 valence electrons. The molecule has 1 N–H and O–H groups in total. The molecule has 0 aliphatic carbocycles. The number of nitrogens with one attached hydrogen (secondary N) is 1. The monoisotopic (exact) mass is 542 g/mol. The molecule has 2 heterocycles. The van der Waals surface area contributed by atoms with Crippen LogP contribution in [0.15, 0.2) is 65.8 Å². The van der Waals surface area contributed by atoms with Gasteiger partial charge in [0.15, 0.2) is 22.5 Å². The topological polar surface area (TPSA) is 87.5 Å². The highest BCUT2D eigenvalue weighted by Gasteiger charge is 2.20. The fraction of sp³-hybridized carbons (Fsp3) is 0.160. The van der Waals surface area contributed by atoms with Crippen LogP contribution in [0.5, 0.6) is 17.2 Å². The summed E-state index contributed by atoms with van der Waals surface area (Å²) in [5, 5.41) is 13.2. The first kappa shape index (κ1) is 24.3. The van der Waals surface area contributed by atoms with E-state index in [-0.39, 0.29) is 19.2 Å². The second-order valence-corrected chi connectivity index (χ2v) is 9.51. The number of nitrogens with zero attached hydrogens (tertiary/aromatic N) is 3. The minimum Gasteiger partial charge on any atom is -0.497 e. The van der Waals surface area contributed by atoms with Gasteiger partial charge >= 0.3 is 0 Å². The van der Waals surface area contributed by atoms with Gasteiger partial charge in [0.25, 0.3) is 5.91 Å². The van der Waals surface area contributed by atoms with Crippen molar-refractivity contribution in [2.24, 2.45) is 0 Å². The zero-order valence-electron chi connectivity index (χ0n) is 19.0. The maximum atomic E-state index is 12.8. The van der Waals surface area contributed by atoms with Crippen LogP contribution in [0.25, 0.3) is 5.69 Å². The van der Waals surface area contributed by atoms with Crippen LogP contribution < -0.4 is 19.5 Å². The van der Waals surface area contributed by atoms with Crippen molar-refractivity contribution < 1.29 is 19.0 Å². The highest BCUT2D eigenvalue weighted by atomic mass is 35.5. The van der Waals surface area contributed by atoms with Crippen molar-refractivity contribution in [2.45, 2.75) is 17.5 Å². The molecular formula is C25H20Cl2N4O4S. The number of hydrogen-bond acceptors (Lipinski definition) is 7. The van der Waals surface area contributed by atoms with Crippen LogP contribution in [0.4, 0.5) is 0 Å². The molecule has 0 atom stereocenters. The number of benzene rings is 3. The summed E-state index contributed by atoms with van der Waals surface area (Å²) in [6.45, 7) is 0.264. The Morgan fingerprint density at radius 3 is 2.78 bits per heavy atom. The standard InChI is InChI=1S/C25H20Cl2N4O4S/c1-33-18-4-2-3-15(9-18)13-36-25-30-29-23(31(25)20-7-6-17(26)11-19(20)27)12-28-24(32)16-5-8-21-22(10-16)35-14-34-21/h2-11H,12-14H2,1H3,(H,28,32). The molecule has 4 aromatic rings. The second kappa shape index (κ2) is 10.7. The number of rotatable bonds is 8. The third-order valence-electron chi connectivity index (χ3n) is 5.39. The Morgan fingerprint density at radius 2 is 1.94 bits per heavy atom. The molecule has 0 spiro atoms. The summed E-state index contributed by atoms with van der Waals surface area (Å²) < 4.78 is 17.8. The summed E-state index contributed by atoms with van der Waals surface area (Å²) >= 11 is 14.1. The number of carbonyl (C=O) groups is 1. The Kier molecular flexibility index (Phi) is 7.22. The van der Waals surface area contributed by atoms with Gasteiger partial charge in [-0.2, -0.15) is 0 Å². The molecule has 36 heavy (non-hydrogen) atoms. The zero-order valence-corrected chi connectivity index (χ0v) is 21.4. The van der Waals surface area contributed by atoms with E-state index in [1.54, 1.807) is 43.5 Å². The van der Waals surface area contributed by atoms with Crippen molar-refractivity contribution in [3.63, 3.8) is 0 Å². The second-order valence-electron chi connectivity index (χ2n) is 7.72. The quantitative estimate of drug-likeness (QED) is 0.292. The van der Waals surface area contributed by atoms with Crippen molar-refractivity contribution in [1.82, 2.24) is 20.1 Å². The van der Waals surface area contributed by atoms with E-state index in [1.165, 1.54) is 11.8 Å². The lowest BCUT2D eigenvalue weighted by atomic mass is 10.2. The van der Waals surface area contributed by atoms with E-state index in [1.807, 2.05) is 28.8 Å². The summed E-state index contributed by atoms with van der Waals surface area (Å²) in [5.41, 5.74) is 2.17. The van der Waals surface area contributed by atoms with Crippen LogP contribution in [-0.4, -0.2) is 34.6 Å². The van der Waals surface area contributed by atoms with Crippen LogP contribution in [0.1, 0.15) is 21.7 Å². The van der Waals surface area contributed by atoms with Crippen LogP contribution in [-0.2, 0) is 12.3 Å². The Hall–Kier alpha value is -3.40. The van der Waals surface area contributed by atoms with E-state index in [9.17, 15) is 4.79 Å². The van der Waals surface area contributed by atoms with Crippen molar-refractivity contribution in [3.8, 4) is 22.9 Å². The third kappa shape index (κ3) is 5.23. The Morgan fingerprint density at radius 1 is 1.08 bits per heavy atom. The Bertz CT molecular complexity index is 1430. The first-order valence-electron chi connectivity index (χ1n) is 10.8. The summed E-state index contributed by atoms with van der Waals surface area (Å²) in [6.07, 6.45) is 0. The van der Waals surface area contributed by atoms with Gasteiger partial charge in [-0.3, -0.25) is 9.36 Å². The number of fused-ring (bicyclic) bond motifs is 1. The van der Waals surface area contributed by atoms with Crippen LogP contribution >= 0.6 is 35.0 Å². The summed E-state index contributed by atoms with van der Waals surface area (Å²) in [5.74, 6) is 2.79. The molecule has 1 aliphatic rings. The summed E-state index contributed by atoms with van der Waals surface area (Å²) in [7, 11) is 1.63. The SMILES string of the molecule is COc1cccc(CSc2nnc(CNC(=O)c3ccc4c(c3)OCO4)n2-c2ccc(Cl)cc2Cl)c1. The van der Waals surface area contributed by atoms with Gasteiger partial charge in [-0.25, -0.2) is 0 Å². The largest absolute Gasteiger partial charge is 0.497 e. The third-order valence-corrected chi connectivity index (χ3v) is 6.93. The molecule has 0 saturated heterocycles. The number of amides is 1. The molecule has 1 amide bonds. The van der Waals surface area contributed by atoms with Crippen molar-refractivity contribution in [1.29, 1.82) is 0 Å². The fourth-order valence-electron chi connectivity index (χ4n) is 3.62. The van der Waals surface area contributed by atoms with Gasteiger partial charge in [0.05, 0.1) is 24.4 Å². The van der Waals surface area contributed by atoms with E-state index < -0.39 is 0 Å². The van der Waals surface area contributed by atoms with Crippen LogP contribution in [0, 0.1) is 0 Å². The number of hydrogen-bond donors (Lipinski definition) is 1. The molecule has 0 unspecified atom stereocenters. The highest BCUT2D eigenvalue weighted by Crippen LogP contribution is 2.33. The summed E-state index contributed by atoms with van der Waals surface area (Å²) in [6, 6.07) is 18.0. The molecule has 11 heteroatoms. The van der Waals surface area contributed by atoms with Gasteiger partial charge in [-0.15, -0.1) is 10.2 Å². The predicted molar refractivity (Wildman–Crippen MR) is 138 cm³/mol. The lowest BCUT2D eigenvalue weighted by Crippen LogP contribution is -2.24. The molecular weight excluding hydrogens is 523 g/mol. The van der Waals surface area contributed by atoms with E-state index in [4.69, 9.17) is 37.4 Å². The molecule has 5 rings (SSSR count). The molecule has 0 fully saturated rings. The fourth-order valence-corrected chi connectivity index (χ4v) is 5.02. The zero-order chi connectivity index (χ0) is 25.1. The van der Waals surface area contributed by atoms with Gasteiger partial charge in [-0.05, 0) is 54.1 Å². The molecule has 0 saturated carbocycles. The maximum Gasteiger partial charge on any atom is 0.251 e. The first-order chi connectivity index (χ1) is 17.5. The molecule has 1 aliphatic heterocycles. The smallest absolute Gasteiger partial charge is 0.251 e. The Labute approximate surface area is 221 Å².